The smallest absolute Gasteiger partial charge is 0.355 e. The summed E-state index contributed by atoms with van der Waals surface area (Å²) in [4.78, 5) is 12.1. The highest BCUT2D eigenvalue weighted by Gasteiger charge is 2.30. The van der Waals surface area contributed by atoms with Gasteiger partial charge < -0.3 is 20.9 Å². The summed E-state index contributed by atoms with van der Waals surface area (Å²) >= 11 is 5.34. The van der Waals surface area contributed by atoms with Crippen molar-refractivity contribution in [2.45, 2.75) is 13.1 Å². The Labute approximate surface area is 216 Å². The summed E-state index contributed by atoms with van der Waals surface area (Å²) in [5.74, 6) is 0. The van der Waals surface area contributed by atoms with E-state index in [0.717, 1.165) is 51.4 Å². The van der Waals surface area contributed by atoms with Crippen LogP contribution in [0.2, 0.25) is 0 Å². The normalized spacial score (nSPS) is 11.4. The second kappa shape index (κ2) is 9.90. The summed E-state index contributed by atoms with van der Waals surface area (Å²) in [6.07, 6.45) is 0.872. The molecule has 5 rings (SSSR count). The monoisotopic (exact) mass is 518 g/mol. The summed E-state index contributed by atoms with van der Waals surface area (Å²) < 4.78 is 39.1. The molecule has 0 aliphatic carbocycles. The van der Waals surface area contributed by atoms with Crippen LogP contribution in [0, 0.1) is 6.92 Å². The Morgan fingerprint density at radius 3 is 2.49 bits per heavy atom. The molecule has 0 bridgehead atoms. The van der Waals surface area contributed by atoms with E-state index in [0.29, 0.717) is 5.69 Å². The lowest BCUT2D eigenvalue weighted by molar-refractivity contribution is -0.137. The van der Waals surface area contributed by atoms with Gasteiger partial charge in [0, 0.05) is 46.6 Å². The Kier molecular flexibility index (Phi) is 6.49. The number of anilines is 4. The number of nitrogens with one attached hydrogen (secondary N) is 4. The zero-order valence-corrected chi connectivity index (χ0v) is 20.3. The molecule has 4 N–H and O–H groups in total. The number of hydrogen-bond acceptors (Lipinski definition) is 4. The van der Waals surface area contributed by atoms with Crippen molar-refractivity contribution in [3.63, 3.8) is 0 Å². The highest BCUT2D eigenvalue weighted by molar-refractivity contribution is 7.80. The maximum atomic E-state index is 13.0. The number of alkyl halides is 3. The van der Waals surface area contributed by atoms with Crippen molar-refractivity contribution in [3.8, 4) is 11.3 Å². The topological polar surface area (TPSA) is 77.7 Å². The number of halogens is 3. The van der Waals surface area contributed by atoms with Gasteiger partial charge in [-0.1, -0.05) is 12.1 Å². The molecule has 0 aliphatic heterocycles. The first-order chi connectivity index (χ1) is 17.8. The van der Waals surface area contributed by atoms with E-state index < -0.39 is 11.7 Å². The van der Waals surface area contributed by atoms with E-state index in [-0.39, 0.29) is 10.8 Å². The molecule has 2 aromatic carbocycles. The van der Waals surface area contributed by atoms with Gasteiger partial charge in [0.15, 0.2) is 5.11 Å². The van der Waals surface area contributed by atoms with Crippen LogP contribution >= 0.6 is 12.2 Å². The second-order valence-corrected chi connectivity index (χ2v) is 8.76. The third-order valence-corrected chi connectivity index (χ3v) is 5.90. The molecule has 37 heavy (non-hydrogen) atoms. The Morgan fingerprint density at radius 2 is 1.73 bits per heavy atom. The number of rotatable bonds is 5. The number of H-pyrrole nitrogens is 1. The number of aromatic amines is 1. The molecule has 0 aliphatic rings. The molecule has 0 unspecified atom stereocenters. The summed E-state index contributed by atoms with van der Waals surface area (Å²) in [6.45, 7) is 1.98. The zero-order valence-electron chi connectivity index (χ0n) is 19.5. The first-order valence-electron chi connectivity index (χ1n) is 11.3. The van der Waals surface area contributed by atoms with E-state index in [1.54, 1.807) is 12.4 Å². The van der Waals surface area contributed by atoms with Gasteiger partial charge in [0.25, 0.3) is 0 Å². The molecule has 0 saturated carbocycles. The van der Waals surface area contributed by atoms with Crippen LogP contribution in [0.5, 0.6) is 0 Å². The molecule has 0 spiro atoms. The fourth-order valence-electron chi connectivity index (χ4n) is 3.85. The molecule has 0 fully saturated rings. The van der Waals surface area contributed by atoms with Gasteiger partial charge in [-0.3, -0.25) is 4.98 Å². The van der Waals surface area contributed by atoms with Crippen LogP contribution < -0.4 is 16.0 Å². The third-order valence-electron chi connectivity index (χ3n) is 5.70. The van der Waals surface area contributed by atoms with Gasteiger partial charge in [-0.15, -0.1) is 0 Å². The molecular formula is C27H21F3N6S. The van der Waals surface area contributed by atoms with Crippen molar-refractivity contribution >= 4 is 51.1 Å². The molecule has 0 radical (unpaired) electrons. The molecule has 5 aromatic rings. The first kappa shape index (κ1) is 24.3. The Morgan fingerprint density at radius 1 is 0.919 bits per heavy atom. The standard InChI is InChI=1S/C27H21F3N6S/c1-16-7-8-20(34-26(37)33-19-6-2-5-18(12-19)27(28,29)30)13-22(16)35-24-14-23(17-4-3-10-31-15-17)36-25-21(24)9-11-32-25/h2-15H,1H3,(H2,32,35,36)(H2,33,34,37). The minimum absolute atomic E-state index is 0.171. The van der Waals surface area contributed by atoms with Crippen molar-refractivity contribution in [3.05, 3.63) is 96.4 Å². The predicted octanol–water partition coefficient (Wildman–Crippen LogP) is 7.50. The fraction of sp³-hybridized carbons (Fsp3) is 0.0741. The Bertz CT molecular complexity index is 1580. The van der Waals surface area contributed by atoms with E-state index in [1.807, 2.05) is 55.6 Å². The van der Waals surface area contributed by atoms with Gasteiger partial charge in [0.2, 0.25) is 0 Å². The van der Waals surface area contributed by atoms with Crippen LogP contribution in [0.4, 0.5) is 35.9 Å². The molecule has 6 nitrogen and oxygen atoms in total. The zero-order chi connectivity index (χ0) is 26.0. The Hall–Kier alpha value is -4.44. The quantitative estimate of drug-likeness (QED) is 0.181. The highest BCUT2D eigenvalue weighted by atomic mass is 32.1. The molecule has 186 valence electrons. The number of aryl methyl sites for hydroxylation is 1. The molecule has 0 atom stereocenters. The highest BCUT2D eigenvalue weighted by Crippen LogP contribution is 2.33. The van der Waals surface area contributed by atoms with Gasteiger partial charge in [-0.2, -0.15) is 13.2 Å². The second-order valence-electron chi connectivity index (χ2n) is 8.35. The Balaban J connectivity index is 1.38. The van der Waals surface area contributed by atoms with Crippen molar-refractivity contribution in [2.24, 2.45) is 0 Å². The summed E-state index contributed by atoms with van der Waals surface area (Å²) in [7, 11) is 0. The van der Waals surface area contributed by atoms with Crippen LogP contribution in [-0.4, -0.2) is 20.1 Å². The summed E-state index contributed by atoms with van der Waals surface area (Å²) in [5, 5.41) is 10.4. The first-order valence-corrected chi connectivity index (χ1v) is 11.7. The lowest BCUT2D eigenvalue weighted by Gasteiger charge is -2.16. The van der Waals surface area contributed by atoms with Crippen LogP contribution in [0.1, 0.15) is 11.1 Å². The minimum atomic E-state index is -4.43. The van der Waals surface area contributed by atoms with E-state index in [2.05, 4.69) is 25.9 Å². The van der Waals surface area contributed by atoms with E-state index in [4.69, 9.17) is 17.2 Å². The lowest BCUT2D eigenvalue weighted by atomic mass is 10.1. The van der Waals surface area contributed by atoms with Crippen LogP contribution in [-0.2, 0) is 6.18 Å². The molecular weight excluding hydrogens is 497 g/mol. The number of hydrogen-bond donors (Lipinski definition) is 4. The maximum Gasteiger partial charge on any atom is 0.416 e. The molecule has 0 saturated heterocycles. The van der Waals surface area contributed by atoms with Crippen molar-refractivity contribution < 1.29 is 13.2 Å². The number of benzene rings is 2. The molecule has 3 aromatic heterocycles. The summed E-state index contributed by atoms with van der Waals surface area (Å²) in [5.41, 5.74) is 5.24. The van der Waals surface area contributed by atoms with E-state index in [1.165, 1.54) is 12.1 Å². The maximum absolute atomic E-state index is 13.0. The van der Waals surface area contributed by atoms with Gasteiger partial charge in [0.1, 0.15) is 5.65 Å². The van der Waals surface area contributed by atoms with Gasteiger partial charge in [0.05, 0.1) is 16.9 Å². The van der Waals surface area contributed by atoms with Crippen molar-refractivity contribution in [1.29, 1.82) is 0 Å². The number of fused-ring (bicyclic) bond motifs is 1. The van der Waals surface area contributed by atoms with Crippen LogP contribution in [0.15, 0.2) is 85.3 Å². The third kappa shape index (κ3) is 5.54. The van der Waals surface area contributed by atoms with Gasteiger partial charge >= 0.3 is 6.18 Å². The number of thiocarbonyl (C=S) groups is 1. The molecule has 3 heterocycles. The van der Waals surface area contributed by atoms with Crippen molar-refractivity contribution in [2.75, 3.05) is 16.0 Å². The lowest BCUT2D eigenvalue weighted by Crippen LogP contribution is -2.19. The van der Waals surface area contributed by atoms with Crippen LogP contribution in [0.3, 0.4) is 0 Å². The van der Waals surface area contributed by atoms with E-state index >= 15 is 0 Å². The predicted molar refractivity (Wildman–Crippen MR) is 145 cm³/mol. The van der Waals surface area contributed by atoms with Gasteiger partial charge in [-0.05, 0) is 79.3 Å². The van der Waals surface area contributed by atoms with Gasteiger partial charge in [-0.25, -0.2) is 4.98 Å². The average Bonchev–Trinajstić information content (AvgIpc) is 3.35. The van der Waals surface area contributed by atoms with Crippen LogP contribution in [0.25, 0.3) is 22.3 Å². The number of aromatic nitrogens is 3. The van der Waals surface area contributed by atoms with Crippen molar-refractivity contribution in [1.82, 2.24) is 15.0 Å². The SMILES string of the molecule is Cc1ccc(NC(=S)Nc2cccc(C(F)(F)F)c2)cc1Nc1cc(-c2cccnc2)nc2[nH]ccc12. The fourth-order valence-corrected chi connectivity index (χ4v) is 4.09. The summed E-state index contributed by atoms with van der Waals surface area (Å²) in [6, 6.07) is 18.3. The largest absolute Gasteiger partial charge is 0.416 e. The molecule has 0 amide bonds. The minimum Gasteiger partial charge on any atom is -0.355 e. The average molecular weight is 519 g/mol. The van der Waals surface area contributed by atoms with E-state index in [9.17, 15) is 13.2 Å². The molecule has 10 heteroatoms. The number of pyridine rings is 2. The number of nitrogens with zero attached hydrogens (tertiary/aromatic N) is 2.